The first kappa shape index (κ1) is 9.00. The summed E-state index contributed by atoms with van der Waals surface area (Å²) in [5.74, 6) is 0.370. The molecule has 0 radical (unpaired) electrons. The lowest BCUT2D eigenvalue weighted by atomic mass is 10.1. The SMILES string of the molecule is CC(C)c1ncc(CO)cc1O. The van der Waals surface area contributed by atoms with Gasteiger partial charge in [-0.15, -0.1) is 0 Å². The summed E-state index contributed by atoms with van der Waals surface area (Å²) in [6, 6.07) is 1.54. The summed E-state index contributed by atoms with van der Waals surface area (Å²) in [4.78, 5) is 4.04. The zero-order chi connectivity index (χ0) is 9.14. The standard InChI is InChI=1S/C9H13NO2/c1-6(2)9-8(12)3-7(5-11)4-10-9/h3-4,6,11-12H,5H2,1-2H3. The average molecular weight is 167 g/mol. The van der Waals surface area contributed by atoms with E-state index >= 15 is 0 Å². The third-order valence-corrected chi connectivity index (χ3v) is 1.68. The van der Waals surface area contributed by atoms with E-state index in [1.54, 1.807) is 12.3 Å². The van der Waals surface area contributed by atoms with E-state index in [-0.39, 0.29) is 18.3 Å². The molecule has 0 atom stereocenters. The van der Waals surface area contributed by atoms with Crippen LogP contribution in [0, 0.1) is 0 Å². The Morgan fingerprint density at radius 1 is 1.50 bits per heavy atom. The molecule has 0 saturated heterocycles. The molecule has 0 unspecified atom stereocenters. The summed E-state index contributed by atoms with van der Waals surface area (Å²) >= 11 is 0. The minimum atomic E-state index is -0.0844. The number of aromatic nitrogens is 1. The third-order valence-electron chi connectivity index (χ3n) is 1.68. The number of aromatic hydroxyl groups is 1. The number of hydrogen-bond acceptors (Lipinski definition) is 3. The second-order valence-electron chi connectivity index (χ2n) is 3.06. The highest BCUT2D eigenvalue weighted by Crippen LogP contribution is 2.23. The Kier molecular flexibility index (Phi) is 2.65. The molecule has 12 heavy (non-hydrogen) atoms. The zero-order valence-electron chi connectivity index (χ0n) is 7.28. The van der Waals surface area contributed by atoms with Gasteiger partial charge in [0.05, 0.1) is 12.3 Å². The largest absolute Gasteiger partial charge is 0.506 e. The van der Waals surface area contributed by atoms with E-state index in [0.29, 0.717) is 11.3 Å². The molecule has 0 bridgehead atoms. The molecule has 1 aromatic heterocycles. The summed E-state index contributed by atoms with van der Waals surface area (Å²) in [5, 5.41) is 18.2. The van der Waals surface area contributed by atoms with Gasteiger partial charge in [-0.25, -0.2) is 0 Å². The minimum Gasteiger partial charge on any atom is -0.506 e. The van der Waals surface area contributed by atoms with Crippen LogP contribution in [0.1, 0.15) is 31.0 Å². The molecule has 0 fully saturated rings. The summed E-state index contributed by atoms with van der Waals surface area (Å²) in [5.41, 5.74) is 1.31. The number of nitrogens with zero attached hydrogens (tertiary/aromatic N) is 1. The van der Waals surface area contributed by atoms with Gasteiger partial charge >= 0.3 is 0 Å². The molecule has 1 aromatic rings. The third kappa shape index (κ3) is 1.74. The fourth-order valence-electron chi connectivity index (χ4n) is 1.04. The summed E-state index contributed by atoms with van der Waals surface area (Å²) < 4.78 is 0. The molecular weight excluding hydrogens is 154 g/mol. The second-order valence-corrected chi connectivity index (χ2v) is 3.06. The van der Waals surface area contributed by atoms with Gasteiger partial charge in [-0.05, 0) is 17.5 Å². The summed E-state index contributed by atoms with van der Waals surface area (Å²) in [6.07, 6.45) is 1.58. The van der Waals surface area contributed by atoms with Crippen molar-refractivity contribution in [3.05, 3.63) is 23.5 Å². The van der Waals surface area contributed by atoms with E-state index in [1.165, 1.54) is 0 Å². The van der Waals surface area contributed by atoms with Crippen molar-refractivity contribution >= 4 is 0 Å². The zero-order valence-corrected chi connectivity index (χ0v) is 7.28. The maximum atomic E-state index is 9.42. The fourth-order valence-corrected chi connectivity index (χ4v) is 1.04. The van der Waals surface area contributed by atoms with Crippen molar-refractivity contribution in [3.63, 3.8) is 0 Å². The van der Waals surface area contributed by atoms with Crippen LogP contribution in [0.2, 0.25) is 0 Å². The van der Waals surface area contributed by atoms with E-state index in [4.69, 9.17) is 5.11 Å². The highest BCUT2D eigenvalue weighted by atomic mass is 16.3. The van der Waals surface area contributed by atoms with Gasteiger partial charge in [-0.1, -0.05) is 13.8 Å². The van der Waals surface area contributed by atoms with Crippen LogP contribution in [0.3, 0.4) is 0 Å². The summed E-state index contributed by atoms with van der Waals surface area (Å²) in [7, 11) is 0. The predicted octanol–water partition coefficient (Wildman–Crippen LogP) is 1.40. The first-order valence-electron chi connectivity index (χ1n) is 3.93. The quantitative estimate of drug-likeness (QED) is 0.700. The molecule has 2 N–H and O–H groups in total. The number of aliphatic hydroxyl groups excluding tert-OH is 1. The Morgan fingerprint density at radius 2 is 2.17 bits per heavy atom. The van der Waals surface area contributed by atoms with Gasteiger partial charge < -0.3 is 10.2 Å². The molecule has 0 spiro atoms. The van der Waals surface area contributed by atoms with Gasteiger partial charge in [0.25, 0.3) is 0 Å². The molecule has 0 amide bonds. The smallest absolute Gasteiger partial charge is 0.137 e. The van der Waals surface area contributed by atoms with Crippen LogP contribution in [-0.2, 0) is 6.61 Å². The molecule has 3 heteroatoms. The van der Waals surface area contributed by atoms with Crippen molar-refractivity contribution in [2.24, 2.45) is 0 Å². The fraction of sp³-hybridized carbons (Fsp3) is 0.444. The van der Waals surface area contributed by atoms with E-state index in [1.807, 2.05) is 13.8 Å². The molecule has 66 valence electrons. The van der Waals surface area contributed by atoms with E-state index in [9.17, 15) is 5.11 Å². The molecule has 0 aliphatic carbocycles. The van der Waals surface area contributed by atoms with Crippen molar-refractivity contribution in [2.75, 3.05) is 0 Å². The topological polar surface area (TPSA) is 53.4 Å². The molecule has 0 aliphatic rings. The van der Waals surface area contributed by atoms with E-state index in [2.05, 4.69) is 4.98 Å². The maximum Gasteiger partial charge on any atom is 0.137 e. The number of pyridine rings is 1. The minimum absolute atomic E-state index is 0.0844. The van der Waals surface area contributed by atoms with Crippen molar-refractivity contribution in [1.82, 2.24) is 4.98 Å². The van der Waals surface area contributed by atoms with Crippen LogP contribution >= 0.6 is 0 Å². The number of rotatable bonds is 2. The lowest BCUT2D eigenvalue weighted by Crippen LogP contribution is -1.95. The lowest BCUT2D eigenvalue weighted by molar-refractivity contribution is 0.280. The highest BCUT2D eigenvalue weighted by molar-refractivity contribution is 5.31. The predicted molar refractivity (Wildman–Crippen MR) is 45.9 cm³/mol. The van der Waals surface area contributed by atoms with Crippen molar-refractivity contribution in [1.29, 1.82) is 0 Å². The Balaban J connectivity index is 3.03. The molecule has 0 aliphatic heterocycles. The first-order chi connectivity index (χ1) is 5.65. The Bertz CT molecular complexity index is 271. The number of aliphatic hydroxyl groups is 1. The molecule has 1 rings (SSSR count). The Morgan fingerprint density at radius 3 is 2.58 bits per heavy atom. The van der Waals surface area contributed by atoms with Gasteiger partial charge in [0.2, 0.25) is 0 Å². The van der Waals surface area contributed by atoms with Crippen molar-refractivity contribution < 1.29 is 10.2 Å². The van der Waals surface area contributed by atoms with Crippen LogP contribution in [0.4, 0.5) is 0 Å². The van der Waals surface area contributed by atoms with E-state index < -0.39 is 0 Å². The van der Waals surface area contributed by atoms with Crippen LogP contribution in [0.25, 0.3) is 0 Å². The second kappa shape index (κ2) is 3.54. The van der Waals surface area contributed by atoms with Gasteiger partial charge in [0.15, 0.2) is 0 Å². The van der Waals surface area contributed by atoms with Crippen LogP contribution in [0.5, 0.6) is 5.75 Å². The molecule has 0 saturated carbocycles. The molecule has 3 nitrogen and oxygen atoms in total. The van der Waals surface area contributed by atoms with Gasteiger partial charge in [-0.3, -0.25) is 4.98 Å². The first-order valence-corrected chi connectivity index (χ1v) is 3.93. The Labute approximate surface area is 71.7 Å². The van der Waals surface area contributed by atoms with Crippen LogP contribution < -0.4 is 0 Å². The molecule has 1 heterocycles. The highest BCUT2D eigenvalue weighted by Gasteiger charge is 2.07. The van der Waals surface area contributed by atoms with Crippen LogP contribution in [0.15, 0.2) is 12.3 Å². The Hall–Kier alpha value is -1.09. The van der Waals surface area contributed by atoms with Gasteiger partial charge in [0, 0.05) is 6.20 Å². The maximum absolute atomic E-state index is 9.42. The monoisotopic (exact) mass is 167 g/mol. The van der Waals surface area contributed by atoms with Gasteiger partial charge in [-0.2, -0.15) is 0 Å². The molecule has 0 aromatic carbocycles. The number of hydrogen-bond donors (Lipinski definition) is 2. The van der Waals surface area contributed by atoms with Crippen LogP contribution in [-0.4, -0.2) is 15.2 Å². The van der Waals surface area contributed by atoms with Gasteiger partial charge in [0.1, 0.15) is 5.75 Å². The summed E-state index contributed by atoms with van der Waals surface area (Å²) in [6.45, 7) is 3.83. The van der Waals surface area contributed by atoms with Crippen molar-refractivity contribution in [2.45, 2.75) is 26.4 Å². The normalized spacial score (nSPS) is 10.7. The van der Waals surface area contributed by atoms with Crippen molar-refractivity contribution in [3.8, 4) is 5.75 Å². The average Bonchev–Trinajstić information content (AvgIpc) is 2.03. The molecular formula is C9H13NO2. The lowest BCUT2D eigenvalue weighted by Gasteiger charge is -2.07. The van der Waals surface area contributed by atoms with E-state index in [0.717, 1.165) is 0 Å².